The van der Waals surface area contributed by atoms with Crippen molar-refractivity contribution in [1.82, 2.24) is 4.90 Å². The van der Waals surface area contributed by atoms with Gasteiger partial charge in [0.1, 0.15) is 11.5 Å². The summed E-state index contributed by atoms with van der Waals surface area (Å²) in [5.74, 6) is -0.583. The van der Waals surface area contributed by atoms with Gasteiger partial charge in [0.2, 0.25) is 0 Å². The fraction of sp³-hybridized carbons (Fsp3) is 0.263. The van der Waals surface area contributed by atoms with Crippen LogP contribution in [0.4, 0.5) is 15.8 Å². The van der Waals surface area contributed by atoms with E-state index in [0.717, 1.165) is 25.7 Å². The molecule has 3 rings (SSSR count). The molecule has 1 aliphatic heterocycles. The number of nitrogens with zero attached hydrogens (tertiary/aromatic N) is 3. The van der Waals surface area contributed by atoms with E-state index in [-0.39, 0.29) is 5.69 Å². The average Bonchev–Trinajstić information content (AvgIpc) is 2.63. The second-order valence-corrected chi connectivity index (χ2v) is 5.99. The summed E-state index contributed by atoms with van der Waals surface area (Å²) in [6, 6.07) is 13.9. The predicted molar refractivity (Wildman–Crippen MR) is 97.2 cm³/mol. The number of hydrogen-bond donors (Lipinski definition) is 0. The van der Waals surface area contributed by atoms with Gasteiger partial charge in [-0.15, -0.1) is 0 Å². The Morgan fingerprint density at radius 1 is 1.08 bits per heavy atom. The third-order valence-electron chi connectivity index (χ3n) is 4.32. The zero-order valence-electron chi connectivity index (χ0n) is 13.8. The first-order chi connectivity index (χ1) is 12.1. The topological polar surface area (TPSA) is 49.6 Å². The smallest absolute Gasteiger partial charge is 0.295 e. The van der Waals surface area contributed by atoms with Crippen LogP contribution >= 0.6 is 0 Å². The number of piperazine rings is 1. The maximum absolute atomic E-state index is 13.3. The highest BCUT2D eigenvalue weighted by molar-refractivity contribution is 5.63. The third kappa shape index (κ3) is 4.42. The minimum atomic E-state index is -0.583. The van der Waals surface area contributed by atoms with E-state index in [9.17, 15) is 14.5 Å². The SMILES string of the molecule is O=[N+]([O-])c1cc(F)ccc1N1CCN(C/C=C/c2ccccc2)CC1. The number of benzene rings is 2. The highest BCUT2D eigenvalue weighted by atomic mass is 19.1. The Kier molecular flexibility index (Phi) is 5.40. The average molecular weight is 341 g/mol. The number of rotatable bonds is 5. The Labute approximate surface area is 146 Å². The summed E-state index contributed by atoms with van der Waals surface area (Å²) in [5.41, 5.74) is 1.49. The second kappa shape index (κ2) is 7.90. The molecule has 0 unspecified atom stereocenters. The van der Waals surface area contributed by atoms with Crippen LogP contribution in [0.2, 0.25) is 0 Å². The number of halogens is 1. The van der Waals surface area contributed by atoms with Crippen LogP contribution in [-0.2, 0) is 0 Å². The lowest BCUT2D eigenvalue weighted by Gasteiger charge is -2.35. The van der Waals surface area contributed by atoms with E-state index in [1.54, 1.807) is 0 Å². The first-order valence-electron chi connectivity index (χ1n) is 8.26. The minimum absolute atomic E-state index is 0.169. The van der Waals surface area contributed by atoms with Crippen molar-refractivity contribution in [3.8, 4) is 0 Å². The highest BCUT2D eigenvalue weighted by Gasteiger charge is 2.23. The number of nitro groups is 1. The Hall–Kier alpha value is -2.73. The Morgan fingerprint density at radius 2 is 1.80 bits per heavy atom. The van der Waals surface area contributed by atoms with Crippen molar-refractivity contribution in [1.29, 1.82) is 0 Å². The van der Waals surface area contributed by atoms with Gasteiger partial charge in [-0.05, 0) is 17.7 Å². The van der Waals surface area contributed by atoms with E-state index >= 15 is 0 Å². The summed E-state index contributed by atoms with van der Waals surface area (Å²) in [6.45, 7) is 3.84. The van der Waals surface area contributed by atoms with Crippen molar-refractivity contribution in [3.05, 3.63) is 76.1 Å². The van der Waals surface area contributed by atoms with Gasteiger partial charge in [0.05, 0.1) is 11.0 Å². The molecule has 0 saturated carbocycles. The van der Waals surface area contributed by atoms with Crippen molar-refractivity contribution < 1.29 is 9.31 Å². The molecule has 0 aromatic heterocycles. The third-order valence-corrected chi connectivity index (χ3v) is 4.32. The Balaban J connectivity index is 1.57. The molecule has 1 fully saturated rings. The summed E-state index contributed by atoms with van der Waals surface area (Å²) in [4.78, 5) is 14.9. The maximum Gasteiger partial charge on any atom is 0.295 e. The van der Waals surface area contributed by atoms with Gasteiger partial charge in [-0.1, -0.05) is 42.5 Å². The maximum atomic E-state index is 13.3. The van der Waals surface area contributed by atoms with E-state index in [2.05, 4.69) is 29.2 Å². The zero-order chi connectivity index (χ0) is 17.6. The molecule has 130 valence electrons. The molecular formula is C19H20FN3O2. The molecule has 5 nitrogen and oxygen atoms in total. The van der Waals surface area contributed by atoms with Crippen LogP contribution < -0.4 is 4.90 Å². The van der Waals surface area contributed by atoms with Gasteiger partial charge in [0, 0.05) is 32.7 Å². The zero-order valence-corrected chi connectivity index (χ0v) is 13.8. The number of hydrogen-bond acceptors (Lipinski definition) is 4. The summed E-state index contributed by atoms with van der Waals surface area (Å²) >= 11 is 0. The molecule has 2 aromatic rings. The molecule has 0 bridgehead atoms. The van der Waals surface area contributed by atoms with Gasteiger partial charge < -0.3 is 4.90 Å². The summed E-state index contributed by atoms with van der Waals surface area (Å²) in [5, 5.41) is 11.1. The molecule has 1 aliphatic rings. The van der Waals surface area contributed by atoms with Crippen LogP contribution in [0.5, 0.6) is 0 Å². The normalized spacial score (nSPS) is 15.6. The van der Waals surface area contributed by atoms with Gasteiger partial charge in [-0.25, -0.2) is 4.39 Å². The standard InChI is InChI=1S/C19H20FN3O2/c20-17-8-9-18(19(15-17)23(24)25)22-13-11-21(12-14-22)10-4-7-16-5-2-1-3-6-16/h1-9,15H,10-14H2/b7-4+. The monoisotopic (exact) mass is 341 g/mol. The lowest BCUT2D eigenvalue weighted by atomic mass is 10.2. The van der Waals surface area contributed by atoms with Crippen LogP contribution in [0.15, 0.2) is 54.6 Å². The van der Waals surface area contributed by atoms with Crippen LogP contribution in [0, 0.1) is 15.9 Å². The summed E-state index contributed by atoms with van der Waals surface area (Å²) in [6.07, 6.45) is 4.22. The van der Waals surface area contributed by atoms with Crippen molar-refractivity contribution >= 4 is 17.5 Å². The lowest BCUT2D eigenvalue weighted by molar-refractivity contribution is -0.384. The van der Waals surface area contributed by atoms with E-state index in [0.29, 0.717) is 18.8 Å². The molecule has 0 N–H and O–H groups in total. The quantitative estimate of drug-likeness (QED) is 0.616. The van der Waals surface area contributed by atoms with Gasteiger partial charge in [0.15, 0.2) is 0 Å². The second-order valence-electron chi connectivity index (χ2n) is 5.99. The van der Waals surface area contributed by atoms with E-state index < -0.39 is 10.7 Å². The van der Waals surface area contributed by atoms with E-state index in [4.69, 9.17) is 0 Å². The first kappa shape index (κ1) is 17.1. The van der Waals surface area contributed by atoms with Gasteiger partial charge in [-0.3, -0.25) is 15.0 Å². The summed E-state index contributed by atoms with van der Waals surface area (Å²) < 4.78 is 13.3. The fourth-order valence-corrected chi connectivity index (χ4v) is 2.98. The van der Waals surface area contributed by atoms with E-state index in [1.165, 1.54) is 17.7 Å². The highest BCUT2D eigenvalue weighted by Crippen LogP contribution is 2.29. The molecule has 0 aliphatic carbocycles. The van der Waals surface area contributed by atoms with Crippen molar-refractivity contribution in [2.24, 2.45) is 0 Å². The molecule has 1 heterocycles. The van der Waals surface area contributed by atoms with E-state index in [1.807, 2.05) is 23.1 Å². The van der Waals surface area contributed by atoms with Crippen LogP contribution in [0.3, 0.4) is 0 Å². The predicted octanol–water partition coefficient (Wildman–Crippen LogP) is 3.57. The van der Waals surface area contributed by atoms with Gasteiger partial charge in [0.25, 0.3) is 5.69 Å². The molecule has 0 atom stereocenters. The molecule has 0 radical (unpaired) electrons. The molecule has 0 spiro atoms. The Morgan fingerprint density at radius 3 is 2.48 bits per heavy atom. The van der Waals surface area contributed by atoms with Gasteiger partial charge >= 0.3 is 0 Å². The first-order valence-corrected chi connectivity index (χ1v) is 8.26. The molecular weight excluding hydrogens is 321 g/mol. The van der Waals surface area contributed by atoms with Crippen molar-refractivity contribution in [3.63, 3.8) is 0 Å². The minimum Gasteiger partial charge on any atom is -0.363 e. The van der Waals surface area contributed by atoms with Gasteiger partial charge in [-0.2, -0.15) is 0 Å². The lowest BCUT2D eigenvalue weighted by Crippen LogP contribution is -2.46. The number of nitro benzene ring substituents is 1. The Bertz CT molecular complexity index is 757. The molecule has 1 saturated heterocycles. The van der Waals surface area contributed by atoms with Crippen molar-refractivity contribution in [2.45, 2.75) is 0 Å². The molecule has 0 amide bonds. The van der Waals surface area contributed by atoms with Crippen molar-refractivity contribution in [2.75, 3.05) is 37.6 Å². The molecule has 25 heavy (non-hydrogen) atoms. The fourth-order valence-electron chi connectivity index (χ4n) is 2.98. The summed E-state index contributed by atoms with van der Waals surface area (Å²) in [7, 11) is 0. The number of anilines is 1. The van der Waals surface area contributed by atoms with Crippen LogP contribution in [0.25, 0.3) is 6.08 Å². The molecule has 2 aromatic carbocycles. The van der Waals surface area contributed by atoms with Crippen LogP contribution in [-0.4, -0.2) is 42.5 Å². The molecule has 6 heteroatoms. The van der Waals surface area contributed by atoms with Crippen LogP contribution in [0.1, 0.15) is 5.56 Å². The largest absolute Gasteiger partial charge is 0.363 e.